The van der Waals surface area contributed by atoms with E-state index in [2.05, 4.69) is 4.98 Å². The predicted molar refractivity (Wildman–Crippen MR) is 82.1 cm³/mol. The van der Waals surface area contributed by atoms with E-state index >= 15 is 0 Å². The summed E-state index contributed by atoms with van der Waals surface area (Å²) in [5.41, 5.74) is 1.56. The third-order valence-electron chi connectivity index (χ3n) is 3.21. The first-order valence-electron chi connectivity index (χ1n) is 6.21. The van der Waals surface area contributed by atoms with E-state index in [-0.39, 0.29) is 11.4 Å². The molecule has 21 heavy (non-hydrogen) atoms. The molecule has 0 saturated carbocycles. The summed E-state index contributed by atoms with van der Waals surface area (Å²) in [4.78, 5) is 4.27. The Morgan fingerprint density at radius 3 is 2.81 bits per heavy atom. The van der Waals surface area contributed by atoms with Gasteiger partial charge in [0.2, 0.25) is 0 Å². The van der Waals surface area contributed by atoms with Crippen LogP contribution in [0, 0.1) is 5.82 Å². The number of nitrogens with zero attached hydrogens (tertiary/aromatic N) is 2. The molecule has 0 bridgehead atoms. The van der Waals surface area contributed by atoms with Crippen molar-refractivity contribution < 1.29 is 9.13 Å². The van der Waals surface area contributed by atoms with Gasteiger partial charge in [0.25, 0.3) is 0 Å². The first kappa shape index (κ1) is 14.2. The number of para-hydroxylation sites is 1. The summed E-state index contributed by atoms with van der Waals surface area (Å²) in [6, 6.07) is 9.99. The van der Waals surface area contributed by atoms with Crippen molar-refractivity contribution in [1.82, 2.24) is 9.55 Å². The lowest BCUT2D eigenvalue weighted by molar-refractivity contribution is 0.413. The summed E-state index contributed by atoms with van der Waals surface area (Å²) < 4.78 is 21.0. The van der Waals surface area contributed by atoms with Gasteiger partial charge in [0.05, 0.1) is 24.2 Å². The highest BCUT2D eigenvalue weighted by Crippen LogP contribution is 2.32. The number of benzene rings is 2. The second kappa shape index (κ2) is 5.54. The third kappa shape index (κ3) is 2.34. The summed E-state index contributed by atoms with van der Waals surface area (Å²) in [5, 5.41) is 0.546. The van der Waals surface area contributed by atoms with Crippen molar-refractivity contribution in [1.29, 1.82) is 0 Å². The van der Waals surface area contributed by atoms with Crippen LogP contribution >= 0.6 is 23.2 Å². The lowest BCUT2D eigenvalue weighted by atomic mass is 10.2. The minimum absolute atomic E-state index is 0.143. The Morgan fingerprint density at radius 1 is 1.29 bits per heavy atom. The Kier molecular flexibility index (Phi) is 3.74. The molecule has 0 atom stereocenters. The molecule has 1 heterocycles. The fraction of sp³-hybridized carbons (Fsp3) is 0.133. The van der Waals surface area contributed by atoms with Crippen LogP contribution in [0.5, 0.6) is 5.75 Å². The smallest absolute Gasteiger partial charge is 0.151 e. The van der Waals surface area contributed by atoms with Crippen molar-refractivity contribution >= 4 is 34.2 Å². The van der Waals surface area contributed by atoms with Crippen LogP contribution in [0.25, 0.3) is 16.7 Å². The zero-order valence-electron chi connectivity index (χ0n) is 11.1. The summed E-state index contributed by atoms with van der Waals surface area (Å²) in [5.74, 6) is 0.884. The van der Waals surface area contributed by atoms with Gasteiger partial charge in [-0.25, -0.2) is 9.37 Å². The molecule has 0 spiro atoms. The number of fused-ring (bicyclic) bond motifs is 1. The molecule has 3 rings (SSSR count). The molecule has 108 valence electrons. The lowest BCUT2D eigenvalue weighted by Crippen LogP contribution is -2.02. The van der Waals surface area contributed by atoms with Crippen LogP contribution in [0.3, 0.4) is 0 Å². The number of rotatable bonds is 3. The number of imidazole rings is 1. The molecule has 3 nitrogen and oxygen atoms in total. The summed E-state index contributed by atoms with van der Waals surface area (Å²) >= 11 is 12.0. The van der Waals surface area contributed by atoms with Gasteiger partial charge in [-0.3, -0.25) is 4.57 Å². The predicted octanol–water partition coefficient (Wildman–Crippen LogP) is 4.57. The third-order valence-corrected chi connectivity index (χ3v) is 3.68. The molecule has 3 aromatic rings. The van der Waals surface area contributed by atoms with Gasteiger partial charge in [0.1, 0.15) is 17.1 Å². The van der Waals surface area contributed by atoms with Crippen molar-refractivity contribution in [3.8, 4) is 11.4 Å². The highest BCUT2D eigenvalue weighted by atomic mass is 35.5. The summed E-state index contributed by atoms with van der Waals surface area (Å²) in [6.07, 6.45) is 0. The number of hydrogen-bond acceptors (Lipinski definition) is 2. The molecule has 0 amide bonds. The molecule has 6 heteroatoms. The van der Waals surface area contributed by atoms with E-state index in [1.54, 1.807) is 42.0 Å². The molecule has 2 aromatic carbocycles. The maximum absolute atomic E-state index is 13.9. The van der Waals surface area contributed by atoms with Gasteiger partial charge >= 0.3 is 0 Å². The Balaban J connectivity index is 2.39. The topological polar surface area (TPSA) is 27.1 Å². The van der Waals surface area contributed by atoms with Crippen LogP contribution in [0.1, 0.15) is 5.82 Å². The fourth-order valence-electron chi connectivity index (χ4n) is 2.31. The van der Waals surface area contributed by atoms with E-state index in [4.69, 9.17) is 27.9 Å². The first-order valence-corrected chi connectivity index (χ1v) is 7.12. The van der Waals surface area contributed by atoms with Gasteiger partial charge < -0.3 is 4.74 Å². The van der Waals surface area contributed by atoms with E-state index in [1.165, 1.54) is 6.07 Å². The molecule has 0 aliphatic carbocycles. The largest absolute Gasteiger partial charge is 0.495 e. The second-order valence-corrected chi connectivity index (χ2v) is 5.12. The molecule has 0 N–H and O–H groups in total. The van der Waals surface area contributed by atoms with Gasteiger partial charge in [-0.05, 0) is 30.3 Å². The van der Waals surface area contributed by atoms with Crippen molar-refractivity contribution in [2.24, 2.45) is 0 Å². The Labute approximate surface area is 130 Å². The van der Waals surface area contributed by atoms with Gasteiger partial charge in [0.15, 0.2) is 5.82 Å². The van der Waals surface area contributed by atoms with Crippen LogP contribution in [0.2, 0.25) is 5.02 Å². The SMILES string of the molecule is COc1ccc(Cl)cc1-n1c(CCl)nc2c(F)cccc21. The molecule has 0 aliphatic rings. The highest BCUT2D eigenvalue weighted by molar-refractivity contribution is 6.30. The van der Waals surface area contributed by atoms with Crippen LogP contribution in [-0.2, 0) is 5.88 Å². The molecule has 0 saturated heterocycles. The van der Waals surface area contributed by atoms with Crippen molar-refractivity contribution in [2.75, 3.05) is 7.11 Å². The molecular formula is C15H11Cl2FN2O. The zero-order valence-corrected chi connectivity index (χ0v) is 12.6. The highest BCUT2D eigenvalue weighted by Gasteiger charge is 2.17. The zero-order chi connectivity index (χ0) is 15.0. The molecule has 0 unspecified atom stereocenters. The van der Waals surface area contributed by atoms with Crippen molar-refractivity contribution in [3.05, 3.63) is 53.1 Å². The van der Waals surface area contributed by atoms with E-state index in [9.17, 15) is 4.39 Å². The first-order chi connectivity index (χ1) is 10.2. The fourth-order valence-corrected chi connectivity index (χ4v) is 2.66. The number of alkyl halides is 1. The Morgan fingerprint density at radius 2 is 2.10 bits per heavy atom. The quantitative estimate of drug-likeness (QED) is 0.660. The van der Waals surface area contributed by atoms with Crippen molar-refractivity contribution in [2.45, 2.75) is 5.88 Å². The summed E-state index contributed by atoms with van der Waals surface area (Å²) in [6.45, 7) is 0. The number of halogens is 3. The summed E-state index contributed by atoms with van der Waals surface area (Å²) in [7, 11) is 1.56. The average molecular weight is 325 g/mol. The van der Waals surface area contributed by atoms with Crippen molar-refractivity contribution in [3.63, 3.8) is 0 Å². The van der Waals surface area contributed by atoms with Crippen LogP contribution < -0.4 is 4.74 Å². The Bertz CT molecular complexity index is 817. The average Bonchev–Trinajstić information content (AvgIpc) is 2.87. The van der Waals surface area contributed by atoms with E-state index < -0.39 is 5.82 Å². The normalized spacial score (nSPS) is 11.0. The van der Waals surface area contributed by atoms with E-state index in [0.717, 1.165) is 0 Å². The van der Waals surface area contributed by atoms with Crippen LogP contribution in [-0.4, -0.2) is 16.7 Å². The monoisotopic (exact) mass is 324 g/mol. The van der Waals surface area contributed by atoms with Gasteiger partial charge in [0, 0.05) is 5.02 Å². The minimum atomic E-state index is -0.390. The van der Waals surface area contributed by atoms with Gasteiger partial charge in [-0.2, -0.15) is 0 Å². The number of aromatic nitrogens is 2. The molecule has 1 aromatic heterocycles. The lowest BCUT2D eigenvalue weighted by Gasteiger charge is -2.13. The molecular weight excluding hydrogens is 314 g/mol. The van der Waals surface area contributed by atoms with E-state index in [1.807, 2.05) is 0 Å². The number of hydrogen-bond donors (Lipinski definition) is 0. The van der Waals surface area contributed by atoms with E-state index in [0.29, 0.717) is 27.8 Å². The molecule has 0 fully saturated rings. The number of methoxy groups -OCH3 is 1. The minimum Gasteiger partial charge on any atom is -0.495 e. The number of ether oxygens (including phenoxy) is 1. The van der Waals surface area contributed by atoms with Crippen LogP contribution in [0.15, 0.2) is 36.4 Å². The van der Waals surface area contributed by atoms with Gasteiger partial charge in [-0.1, -0.05) is 17.7 Å². The molecule has 0 aliphatic heterocycles. The Hall–Kier alpha value is -1.78. The van der Waals surface area contributed by atoms with Crippen LogP contribution in [0.4, 0.5) is 4.39 Å². The standard InChI is InChI=1S/C15H11Cl2FN2O/c1-21-13-6-5-9(17)7-12(13)20-11-4-2-3-10(18)15(11)19-14(20)8-16/h2-7H,8H2,1H3. The maximum Gasteiger partial charge on any atom is 0.151 e. The second-order valence-electron chi connectivity index (χ2n) is 4.42. The van der Waals surface area contributed by atoms with Gasteiger partial charge in [-0.15, -0.1) is 11.6 Å². The molecule has 0 radical (unpaired) electrons. The maximum atomic E-state index is 13.9.